The number of hydrogen-bond donors (Lipinski definition) is 3. The third-order valence-electron chi connectivity index (χ3n) is 2.92. The van der Waals surface area contributed by atoms with E-state index in [0.29, 0.717) is 0 Å². The summed E-state index contributed by atoms with van der Waals surface area (Å²) in [5.74, 6) is 3.56. The Kier molecular flexibility index (Phi) is 4.85. The molecule has 25 heavy (non-hydrogen) atoms. The van der Waals surface area contributed by atoms with Crippen molar-refractivity contribution < 1.29 is 31.1 Å². The molecule has 1 aromatic heterocycles. The second kappa shape index (κ2) is 6.57. The SMILES string of the molecule is NNC(=O)c1ncc(S(=O)(=O)c2ccc(OC(F)(F)F)cc2)cc1N. The number of halogens is 3. The fourth-order valence-corrected chi connectivity index (χ4v) is 3.06. The van der Waals surface area contributed by atoms with Gasteiger partial charge in [-0.25, -0.2) is 19.2 Å². The Labute approximate surface area is 139 Å². The molecule has 0 atom stereocenters. The molecule has 0 saturated heterocycles. The molecule has 1 amide bonds. The normalized spacial score (nSPS) is 11.8. The molecule has 0 fully saturated rings. The number of nitrogens with zero attached hydrogens (tertiary/aromatic N) is 1. The highest BCUT2D eigenvalue weighted by atomic mass is 32.2. The Hall–Kier alpha value is -2.86. The quantitative estimate of drug-likeness (QED) is 0.411. The lowest BCUT2D eigenvalue weighted by Crippen LogP contribution is -2.31. The molecule has 0 unspecified atom stereocenters. The van der Waals surface area contributed by atoms with Gasteiger partial charge < -0.3 is 10.5 Å². The number of rotatable bonds is 4. The number of nitrogens with two attached hydrogens (primary N) is 2. The second-order valence-electron chi connectivity index (χ2n) is 4.60. The Morgan fingerprint density at radius 3 is 2.24 bits per heavy atom. The van der Waals surface area contributed by atoms with E-state index in [0.717, 1.165) is 36.5 Å². The van der Waals surface area contributed by atoms with Gasteiger partial charge in [-0.1, -0.05) is 0 Å². The number of pyridine rings is 1. The standard InChI is InChI=1S/C13H11F3N4O4S/c14-13(15,16)24-7-1-3-8(4-2-7)25(22,23)9-5-10(17)11(19-6-9)12(21)20-18/h1-6H,17-18H2,(H,20,21). The summed E-state index contributed by atoms with van der Waals surface area (Å²) in [5.41, 5.74) is 6.87. The summed E-state index contributed by atoms with van der Waals surface area (Å²) in [5, 5.41) is 0. The lowest BCUT2D eigenvalue weighted by atomic mass is 10.3. The number of amides is 1. The minimum absolute atomic E-state index is 0.235. The van der Waals surface area contributed by atoms with E-state index in [-0.39, 0.29) is 21.2 Å². The molecule has 0 aliphatic heterocycles. The summed E-state index contributed by atoms with van der Waals surface area (Å²) in [4.78, 5) is 14.4. The molecule has 8 nitrogen and oxygen atoms in total. The summed E-state index contributed by atoms with van der Waals surface area (Å²) in [6.45, 7) is 0. The highest BCUT2D eigenvalue weighted by molar-refractivity contribution is 7.91. The van der Waals surface area contributed by atoms with Crippen molar-refractivity contribution in [1.29, 1.82) is 0 Å². The van der Waals surface area contributed by atoms with Crippen molar-refractivity contribution in [2.24, 2.45) is 5.84 Å². The first-order valence-electron chi connectivity index (χ1n) is 6.42. The third kappa shape index (κ3) is 4.16. The minimum Gasteiger partial charge on any atom is -0.406 e. The highest BCUT2D eigenvalue weighted by Crippen LogP contribution is 2.27. The van der Waals surface area contributed by atoms with E-state index in [1.54, 1.807) is 5.43 Å². The fraction of sp³-hybridized carbons (Fsp3) is 0.0769. The zero-order valence-corrected chi connectivity index (χ0v) is 13.1. The van der Waals surface area contributed by atoms with Crippen LogP contribution in [0.2, 0.25) is 0 Å². The van der Waals surface area contributed by atoms with Crippen molar-refractivity contribution in [3.63, 3.8) is 0 Å². The molecule has 1 aromatic carbocycles. The van der Waals surface area contributed by atoms with Crippen LogP contribution in [0.5, 0.6) is 5.75 Å². The van der Waals surface area contributed by atoms with Crippen molar-refractivity contribution in [3.05, 3.63) is 42.2 Å². The molecule has 0 bridgehead atoms. The number of carbonyl (C=O) groups is 1. The number of aromatic nitrogens is 1. The molecule has 1 heterocycles. The molecular weight excluding hydrogens is 365 g/mol. The van der Waals surface area contributed by atoms with Gasteiger partial charge in [-0.15, -0.1) is 13.2 Å². The Bertz CT molecular complexity index is 898. The lowest BCUT2D eigenvalue weighted by molar-refractivity contribution is -0.274. The summed E-state index contributed by atoms with van der Waals surface area (Å²) in [7, 11) is -4.11. The molecule has 0 saturated carbocycles. The Morgan fingerprint density at radius 2 is 1.76 bits per heavy atom. The summed E-state index contributed by atoms with van der Waals surface area (Å²) >= 11 is 0. The van der Waals surface area contributed by atoms with Crippen LogP contribution in [0.25, 0.3) is 0 Å². The number of hydrazine groups is 1. The van der Waals surface area contributed by atoms with Crippen LogP contribution < -0.4 is 21.7 Å². The molecule has 12 heteroatoms. The molecule has 2 aromatic rings. The maximum absolute atomic E-state index is 12.4. The monoisotopic (exact) mass is 376 g/mol. The molecule has 0 aliphatic carbocycles. The zero-order valence-electron chi connectivity index (χ0n) is 12.2. The minimum atomic E-state index is -4.89. The lowest BCUT2D eigenvalue weighted by Gasteiger charge is -2.10. The predicted octanol–water partition coefficient (Wildman–Crippen LogP) is 0.999. The molecule has 0 aliphatic rings. The van der Waals surface area contributed by atoms with Gasteiger partial charge in [-0.05, 0) is 30.3 Å². The number of sulfone groups is 1. The maximum Gasteiger partial charge on any atom is 0.573 e. The number of alkyl halides is 3. The van der Waals surface area contributed by atoms with Crippen molar-refractivity contribution in [2.45, 2.75) is 16.2 Å². The topological polar surface area (TPSA) is 137 Å². The first-order valence-corrected chi connectivity index (χ1v) is 7.90. The van der Waals surface area contributed by atoms with Crippen LogP contribution in [0.4, 0.5) is 18.9 Å². The fourth-order valence-electron chi connectivity index (χ4n) is 1.82. The molecule has 134 valence electrons. The zero-order chi connectivity index (χ0) is 18.8. The average Bonchev–Trinajstić information content (AvgIpc) is 2.53. The number of benzene rings is 1. The van der Waals surface area contributed by atoms with Crippen molar-refractivity contribution >= 4 is 21.4 Å². The third-order valence-corrected chi connectivity index (χ3v) is 4.65. The van der Waals surface area contributed by atoms with Crippen molar-refractivity contribution in [1.82, 2.24) is 10.4 Å². The first-order chi connectivity index (χ1) is 11.5. The van der Waals surface area contributed by atoms with Crippen LogP contribution in [0.3, 0.4) is 0 Å². The van der Waals surface area contributed by atoms with Crippen LogP contribution in [0, 0.1) is 0 Å². The molecule has 2 rings (SSSR count). The van der Waals surface area contributed by atoms with Crippen LogP contribution in [0.1, 0.15) is 10.5 Å². The number of anilines is 1. The van der Waals surface area contributed by atoms with Gasteiger partial charge in [0.15, 0.2) is 5.69 Å². The van der Waals surface area contributed by atoms with Gasteiger partial charge in [0.2, 0.25) is 9.84 Å². The van der Waals surface area contributed by atoms with E-state index in [4.69, 9.17) is 11.6 Å². The van der Waals surface area contributed by atoms with Gasteiger partial charge >= 0.3 is 6.36 Å². The highest BCUT2D eigenvalue weighted by Gasteiger charge is 2.31. The summed E-state index contributed by atoms with van der Waals surface area (Å²) in [6, 6.07) is 4.58. The van der Waals surface area contributed by atoms with Gasteiger partial charge in [0.1, 0.15) is 5.75 Å². The maximum atomic E-state index is 12.4. The van der Waals surface area contributed by atoms with Crippen LogP contribution in [-0.4, -0.2) is 25.7 Å². The van der Waals surface area contributed by atoms with Gasteiger partial charge in [0.05, 0.1) is 15.5 Å². The van der Waals surface area contributed by atoms with Crippen LogP contribution in [-0.2, 0) is 9.84 Å². The van der Waals surface area contributed by atoms with Gasteiger partial charge in [0, 0.05) is 6.20 Å². The first kappa shape index (κ1) is 18.5. The van der Waals surface area contributed by atoms with E-state index >= 15 is 0 Å². The summed E-state index contributed by atoms with van der Waals surface area (Å²) in [6.07, 6.45) is -4.01. The van der Waals surface area contributed by atoms with Crippen molar-refractivity contribution in [3.8, 4) is 5.75 Å². The number of hydrogen-bond acceptors (Lipinski definition) is 7. The van der Waals surface area contributed by atoms with E-state index in [2.05, 4.69) is 9.72 Å². The number of nitrogen functional groups attached to an aromatic ring is 2. The Balaban J connectivity index is 2.35. The van der Waals surface area contributed by atoms with Crippen molar-refractivity contribution in [2.75, 3.05) is 5.73 Å². The van der Waals surface area contributed by atoms with E-state index < -0.39 is 27.9 Å². The van der Waals surface area contributed by atoms with Crippen LogP contribution >= 0.6 is 0 Å². The molecule has 0 radical (unpaired) electrons. The molecule has 0 spiro atoms. The predicted molar refractivity (Wildman–Crippen MR) is 78.9 cm³/mol. The van der Waals surface area contributed by atoms with Gasteiger partial charge in [-0.3, -0.25) is 10.2 Å². The smallest absolute Gasteiger partial charge is 0.406 e. The largest absolute Gasteiger partial charge is 0.573 e. The Morgan fingerprint density at radius 1 is 1.16 bits per heavy atom. The van der Waals surface area contributed by atoms with Gasteiger partial charge in [0.25, 0.3) is 5.91 Å². The van der Waals surface area contributed by atoms with E-state index in [9.17, 15) is 26.4 Å². The van der Waals surface area contributed by atoms with E-state index in [1.165, 1.54) is 0 Å². The number of carbonyl (C=O) groups excluding carboxylic acids is 1. The summed E-state index contributed by atoms with van der Waals surface area (Å²) < 4.78 is 64.9. The molecule has 5 N–H and O–H groups in total. The second-order valence-corrected chi connectivity index (χ2v) is 6.55. The number of nitrogens with one attached hydrogen (secondary N) is 1. The average molecular weight is 376 g/mol. The van der Waals surface area contributed by atoms with Crippen LogP contribution in [0.15, 0.2) is 46.3 Å². The van der Waals surface area contributed by atoms with E-state index in [1.807, 2.05) is 0 Å². The number of ether oxygens (including phenoxy) is 1. The molecular formula is C13H11F3N4O4S. The van der Waals surface area contributed by atoms with Gasteiger partial charge in [-0.2, -0.15) is 0 Å².